The fraction of sp³-hybridized carbons (Fsp3) is 0.346. The summed E-state index contributed by atoms with van der Waals surface area (Å²) in [5.74, 6) is 0.193. The highest BCUT2D eigenvalue weighted by molar-refractivity contribution is 5.79. The second-order valence-corrected chi connectivity index (χ2v) is 8.13. The van der Waals surface area contributed by atoms with E-state index in [2.05, 4.69) is 60.2 Å². The summed E-state index contributed by atoms with van der Waals surface area (Å²) in [6.45, 7) is 5.51. The topological polar surface area (TPSA) is 55.3 Å². The van der Waals surface area contributed by atoms with E-state index in [0.717, 1.165) is 41.6 Å². The molecule has 0 bridgehead atoms. The van der Waals surface area contributed by atoms with Crippen LogP contribution >= 0.6 is 0 Å². The maximum Gasteiger partial charge on any atom is 0.227 e. The normalized spacial score (nSPS) is 18.5. The first-order valence-corrected chi connectivity index (χ1v) is 11.0. The number of hydrogen-bond acceptors (Lipinski definition) is 4. The zero-order chi connectivity index (χ0) is 21.6. The highest BCUT2D eigenvalue weighted by Gasteiger charge is 2.30. The lowest BCUT2D eigenvalue weighted by Crippen LogP contribution is -2.44. The first-order chi connectivity index (χ1) is 15.1. The number of likely N-dealkylation sites (N-methyl/N-ethyl adjacent to an activating group) is 1. The van der Waals surface area contributed by atoms with Crippen molar-refractivity contribution in [2.45, 2.75) is 45.3 Å². The van der Waals surface area contributed by atoms with Crippen molar-refractivity contribution >= 4 is 5.91 Å². The van der Waals surface area contributed by atoms with E-state index < -0.39 is 0 Å². The summed E-state index contributed by atoms with van der Waals surface area (Å²) in [4.78, 5) is 23.3. The van der Waals surface area contributed by atoms with E-state index >= 15 is 0 Å². The van der Waals surface area contributed by atoms with Crippen LogP contribution < -0.4 is 0 Å². The predicted molar refractivity (Wildman–Crippen MR) is 121 cm³/mol. The molecule has 0 radical (unpaired) electrons. The number of ether oxygens (including phenoxy) is 1. The number of aryl methyl sites for hydroxylation is 1. The lowest BCUT2D eigenvalue weighted by Gasteiger charge is -2.37. The number of rotatable bonds is 6. The van der Waals surface area contributed by atoms with E-state index in [1.807, 2.05) is 29.4 Å². The molecule has 5 nitrogen and oxygen atoms in total. The van der Waals surface area contributed by atoms with Crippen LogP contribution in [-0.2, 0) is 16.0 Å². The van der Waals surface area contributed by atoms with Crippen LogP contribution in [0.3, 0.4) is 0 Å². The van der Waals surface area contributed by atoms with Crippen molar-refractivity contribution in [2.24, 2.45) is 0 Å². The Bertz CT molecular complexity index is 1000. The van der Waals surface area contributed by atoms with Gasteiger partial charge in [0.05, 0.1) is 12.5 Å². The molecule has 31 heavy (non-hydrogen) atoms. The van der Waals surface area contributed by atoms with Crippen LogP contribution in [0.4, 0.5) is 0 Å². The standard InChI is InChI=1S/C26H29N3O2/c1-3-29(26(30)14-20-6-4-5-19(2)13-20)24-11-12-31-25(15-24)22-9-7-21(8-10-22)23-16-27-18-28-17-23/h4-10,13,16-18,24-25H,3,11-12,14-15H2,1-2H3/t24-,25+/m0/s1. The third-order valence-corrected chi connectivity index (χ3v) is 5.97. The number of carbonyl (C=O) groups is 1. The zero-order valence-electron chi connectivity index (χ0n) is 18.2. The van der Waals surface area contributed by atoms with Crippen molar-refractivity contribution in [1.82, 2.24) is 14.9 Å². The second kappa shape index (κ2) is 9.84. The minimum atomic E-state index is 0.000595. The number of amides is 1. The fourth-order valence-electron chi connectivity index (χ4n) is 4.37. The Balaban J connectivity index is 1.43. The minimum absolute atomic E-state index is 0.000595. The van der Waals surface area contributed by atoms with Gasteiger partial charge in [0.15, 0.2) is 0 Å². The number of carbonyl (C=O) groups excluding carboxylic acids is 1. The van der Waals surface area contributed by atoms with E-state index in [1.54, 1.807) is 0 Å². The van der Waals surface area contributed by atoms with Gasteiger partial charge in [-0.3, -0.25) is 4.79 Å². The number of benzene rings is 2. The molecular formula is C26H29N3O2. The monoisotopic (exact) mass is 415 g/mol. The molecule has 1 aromatic heterocycles. The molecule has 2 heterocycles. The van der Waals surface area contributed by atoms with Gasteiger partial charge in [0.2, 0.25) is 5.91 Å². The quantitative estimate of drug-likeness (QED) is 0.582. The summed E-state index contributed by atoms with van der Waals surface area (Å²) >= 11 is 0. The summed E-state index contributed by atoms with van der Waals surface area (Å²) in [5.41, 5.74) is 5.49. The molecule has 5 heteroatoms. The summed E-state index contributed by atoms with van der Waals surface area (Å²) in [5, 5.41) is 0. The van der Waals surface area contributed by atoms with Gasteiger partial charge in [0.25, 0.3) is 0 Å². The van der Waals surface area contributed by atoms with Crippen LogP contribution in [0.1, 0.15) is 42.6 Å². The van der Waals surface area contributed by atoms with Crippen LogP contribution in [0, 0.1) is 6.92 Å². The maximum absolute atomic E-state index is 13.1. The molecule has 0 N–H and O–H groups in total. The molecule has 0 saturated carbocycles. The van der Waals surface area contributed by atoms with E-state index in [9.17, 15) is 4.79 Å². The molecule has 3 aromatic rings. The van der Waals surface area contributed by atoms with Crippen molar-refractivity contribution in [2.75, 3.05) is 13.2 Å². The lowest BCUT2D eigenvalue weighted by molar-refractivity contribution is -0.136. The van der Waals surface area contributed by atoms with Crippen LogP contribution in [0.2, 0.25) is 0 Å². The molecule has 0 unspecified atom stereocenters. The van der Waals surface area contributed by atoms with Gasteiger partial charge < -0.3 is 9.64 Å². The predicted octanol–water partition coefficient (Wildman–Crippen LogP) is 4.76. The molecule has 1 aliphatic heterocycles. The van der Waals surface area contributed by atoms with Gasteiger partial charge in [-0.2, -0.15) is 0 Å². The van der Waals surface area contributed by atoms with E-state index in [0.29, 0.717) is 13.0 Å². The number of hydrogen-bond donors (Lipinski definition) is 0. The summed E-state index contributed by atoms with van der Waals surface area (Å²) in [6, 6.07) is 16.8. The first-order valence-electron chi connectivity index (χ1n) is 11.0. The van der Waals surface area contributed by atoms with Crippen molar-refractivity contribution < 1.29 is 9.53 Å². The highest BCUT2D eigenvalue weighted by atomic mass is 16.5. The first kappa shape index (κ1) is 21.2. The molecule has 1 aliphatic rings. The summed E-state index contributed by atoms with van der Waals surface area (Å²) in [6.07, 6.45) is 7.31. The SMILES string of the molecule is CCN(C(=O)Cc1cccc(C)c1)[C@H]1CCO[C@@H](c2ccc(-c3cncnc3)cc2)C1. The summed E-state index contributed by atoms with van der Waals surface area (Å²) < 4.78 is 6.09. The largest absolute Gasteiger partial charge is 0.373 e. The van der Waals surface area contributed by atoms with Crippen LogP contribution in [0.5, 0.6) is 0 Å². The van der Waals surface area contributed by atoms with E-state index in [1.165, 1.54) is 11.9 Å². The Morgan fingerprint density at radius 3 is 2.58 bits per heavy atom. The Morgan fingerprint density at radius 2 is 1.87 bits per heavy atom. The van der Waals surface area contributed by atoms with Crippen molar-refractivity contribution in [3.05, 3.63) is 83.9 Å². The van der Waals surface area contributed by atoms with Gasteiger partial charge in [-0.05, 0) is 43.4 Å². The third kappa shape index (κ3) is 5.17. The highest BCUT2D eigenvalue weighted by Crippen LogP contribution is 2.32. The van der Waals surface area contributed by atoms with E-state index in [-0.39, 0.29) is 18.1 Å². The third-order valence-electron chi connectivity index (χ3n) is 5.97. The zero-order valence-corrected chi connectivity index (χ0v) is 18.2. The molecular weight excluding hydrogens is 386 g/mol. The van der Waals surface area contributed by atoms with Crippen LogP contribution in [-0.4, -0.2) is 40.0 Å². The smallest absolute Gasteiger partial charge is 0.227 e. The molecule has 160 valence electrons. The fourth-order valence-corrected chi connectivity index (χ4v) is 4.37. The Kier molecular flexibility index (Phi) is 6.73. The average molecular weight is 416 g/mol. The van der Waals surface area contributed by atoms with Crippen molar-refractivity contribution in [3.8, 4) is 11.1 Å². The van der Waals surface area contributed by atoms with Crippen LogP contribution in [0.15, 0.2) is 67.3 Å². The average Bonchev–Trinajstić information content (AvgIpc) is 2.80. The van der Waals surface area contributed by atoms with Gasteiger partial charge in [-0.25, -0.2) is 9.97 Å². The van der Waals surface area contributed by atoms with Gasteiger partial charge >= 0.3 is 0 Å². The molecule has 0 spiro atoms. The van der Waals surface area contributed by atoms with Crippen molar-refractivity contribution in [1.29, 1.82) is 0 Å². The number of nitrogens with zero attached hydrogens (tertiary/aromatic N) is 3. The second-order valence-electron chi connectivity index (χ2n) is 8.13. The minimum Gasteiger partial charge on any atom is -0.373 e. The molecule has 4 rings (SSSR count). The summed E-state index contributed by atoms with van der Waals surface area (Å²) in [7, 11) is 0. The van der Waals surface area contributed by atoms with Gasteiger partial charge in [-0.15, -0.1) is 0 Å². The molecule has 2 atom stereocenters. The molecule has 1 fully saturated rings. The van der Waals surface area contributed by atoms with Gasteiger partial charge in [0.1, 0.15) is 6.33 Å². The van der Waals surface area contributed by atoms with Gasteiger partial charge in [-0.1, -0.05) is 54.1 Å². The Hall–Kier alpha value is -3.05. The number of aromatic nitrogens is 2. The van der Waals surface area contributed by atoms with Gasteiger partial charge in [0, 0.05) is 37.2 Å². The van der Waals surface area contributed by atoms with Crippen molar-refractivity contribution in [3.63, 3.8) is 0 Å². The molecule has 1 saturated heterocycles. The Morgan fingerprint density at radius 1 is 1.10 bits per heavy atom. The van der Waals surface area contributed by atoms with Crippen LogP contribution in [0.25, 0.3) is 11.1 Å². The maximum atomic E-state index is 13.1. The molecule has 1 amide bonds. The van der Waals surface area contributed by atoms with E-state index in [4.69, 9.17) is 4.74 Å². The Labute approximate surface area is 184 Å². The molecule has 2 aromatic carbocycles. The molecule has 0 aliphatic carbocycles. The lowest BCUT2D eigenvalue weighted by atomic mass is 9.94.